The lowest BCUT2D eigenvalue weighted by Gasteiger charge is -2.35. The van der Waals surface area contributed by atoms with Crippen molar-refractivity contribution in [3.05, 3.63) is 120 Å². The van der Waals surface area contributed by atoms with E-state index in [9.17, 15) is 28.8 Å². The number of fused-ring (bicyclic) bond motifs is 6. The van der Waals surface area contributed by atoms with Crippen LogP contribution < -0.4 is 40.2 Å². The number of benzene rings is 4. The van der Waals surface area contributed by atoms with Crippen LogP contribution in [0.25, 0.3) is 43.6 Å². The van der Waals surface area contributed by atoms with E-state index in [1.54, 1.807) is 78.9 Å². The number of rotatable bonds is 21. The molecule has 0 spiro atoms. The number of amides is 4. The van der Waals surface area contributed by atoms with Crippen LogP contribution in [0.15, 0.2) is 97.1 Å². The summed E-state index contributed by atoms with van der Waals surface area (Å²) < 4.78 is 36.1. The van der Waals surface area contributed by atoms with Gasteiger partial charge in [0.1, 0.15) is 40.1 Å². The number of nitrogens with zero attached hydrogens (tertiary/aromatic N) is 4. The van der Waals surface area contributed by atoms with Gasteiger partial charge in [0.05, 0.1) is 83.8 Å². The van der Waals surface area contributed by atoms with Gasteiger partial charge in [-0.25, -0.2) is 24.7 Å². The van der Waals surface area contributed by atoms with Crippen LogP contribution in [0.3, 0.4) is 0 Å². The summed E-state index contributed by atoms with van der Waals surface area (Å²) in [4.78, 5) is 104. The molecule has 2 bridgehead atoms. The zero-order valence-electron chi connectivity index (χ0n) is 51.0. The number of para-hydroxylation sites is 4. The smallest absolute Gasteiger partial charge is 0.356 e. The van der Waals surface area contributed by atoms with Crippen LogP contribution in [0.4, 0.5) is 22.7 Å². The van der Waals surface area contributed by atoms with Crippen LogP contribution in [0.2, 0.25) is 0 Å². The van der Waals surface area contributed by atoms with Gasteiger partial charge in [-0.3, -0.25) is 24.0 Å². The summed E-state index contributed by atoms with van der Waals surface area (Å²) in [5.74, 6) is -1.70. The highest BCUT2D eigenvalue weighted by atomic mass is 16.6. The van der Waals surface area contributed by atoms with Gasteiger partial charge < -0.3 is 49.7 Å². The molecule has 452 valence electrons. The molecular weight excluding hydrogens is 1110 g/mol. The molecule has 1 aliphatic heterocycles. The fourth-order valence-electron chi connectivity index (χ4n) is 10.9. The maximum atomic E-state index is 14.8. The number of esters is 2. The summed E-state index contributed by atoms with van der Waals surface area (Å²) in [6, 6.07) is 26.8. The van der Waals surface area contributed by atoms with Crippen molar-refractivity contribution in [2.45, 2.75) is 94.6 Å². The highest BCUT2D eigenvalue weighted by molar-refractivity contribution is 6.15. The van der Waals surface area contributed by atoms with Crippen LogP contribution in [0.1, 0.15) is 131 Å². The molecule has 1 aliphatic carbocycles. The topological polar surface area (TPSA) is 257 Å². The van der Waals surface area contributed by atoms with Crippen molar-refractivity contribution in [1.29, 1.82) is 0 Å². The summed E-state index contributed by atoms with van der Waals surface area (Å²) in [7, 11) is 1.25. The Morgan fingerprint density at radius 3 is 1.07 bits per heavy atom. The summed E-state index contributed by atoms with van der Waals surface area (Å²) in [6.07, 6.45) is 0.837. The molecule has 4 aromatic carbocycles. The van der Waals surface area contributed by atoms with Crippen molar-refractivity contribution in [2.24, 2.45) is 34.5 Å². The second-order valence-corrected chi connectivity index (χ2v) is 24.6. The predicted octanol–water partition coefficient (Wildman–Crippen LogP) is 12.6. The first-order valence-electron chi connectivity index (χ1n) is 29.2. The third-order valence-corrected chi connectivity index (χ3v) is 16.0. The fraction of sp³-hybridized carbons (Fsp3) is 0.373. The third-order valence-electron chi connectivity index (χ3n) is 16.0. The van der Waals surface area contributed by atoms with Gasteiger partial charge in [-0.2, -0.15) is 0 Å². The van der Waals surface area contributed by atoms with Crippen molar-refractivity contribution in [3.8, 4) is 23.0 Å². The van der Waals surface area contributed by atoms with Gasteiger partial charge in [-0.05, 0) is 92.0 Å². The van der Waals surface area contributed by atoms with E-state index < -0.39 is 52.0 Å². The van der Waals surface area contributed by atoms with E-state index in [0.717, 1.165) is 0 Å². The highest BCUT2D eigenvalue weighted by Crippen LogP contribution is 2.66. The number of nitrogens with one attached hydrogen (secondary N) is 4. The van der Waals surface area contributed by atoms with Crippen molar-refractivity contribution in [2.75, 3.05) is 54.8 Å². The molecule has 10 rings (SSSR count). The molecule has 0 radical (unpaired) electrons. The number of carbonyl (C=O) groups excluding carboxylic acids is 6. The first-order chi connectivity index (χ1) is 41.4. The van der Waals surface area contributed by atoms with Gasteiger partial charge in [-0.1, -0.05) is 93.5 Å². The third kappa shape index (κ3) is 11.7. The first kappa shape index (κ1) is 60.7. The molecule has 4 N–H and O–H groups in total. The Morgan fingerprint density at radius 2 is 0.782 bits per heavy atom. The standard InChI is InChI=1S/C67H72N8O12/c1-35(2)31-83-51-27-47(59(76)72-43-21-13-17-40-52(84-32-36(3)4)28-48(69-55(40)43)60(77)74-45-23-15-19-42-54(86-34-38(7)8)30-50(62(79)82-12)71-57(42)45)68-56-39(51)18-14-22-44(56)73-61(78)49-29-53(85-33-37(5)6)41-20-16-24-46(58(41)70-49)75-63(80)67-26-25-66(11,64(81)87-67)65(67,9)10/h13-24,27-30,35-38H,25-26,31-34H2,1-12H3,(H,72,76)(H,73,78)(H,74,77)(H,75,80)/t66-,67-/m1/s1. The maximum Gasteiger partial charge on any atom is 0.356 e. The summed E-state index contributed by atoms with van der Waals surface area (Å²) >= 11 is 0. The Morgan fingerprint density at radius 1 is 0.471 bits per heavy atom. The molecule has 8 aromatic rings. The lowest BCUT2D eigenvalue weighted by atomic mass is 9.66. The maximum absolute atomic E-state index is 14.8. The first-order valence-corrected chi connectivity index (χ1v) is 29.2. The van der Waals surface area contributed by atoms with Crippen LogP contribution in [0, 0.1) is 34.5 Å². The zero-order chi connectivity index (χ0) is 62.3. The van der Waals surface area contributed by atoms with Crippen LogP contribution in [0.5, 0.6) is 23.0 Å². The Balaban J connectivity index is 0.996. The molecule has 2 atom stereocenters. The normalized spacial score (nSPS) is 16.9. The van der Waals surface area contributed by atoms with Gasteiger partial charge in [0.15, 0.2) is 11.3 Å². The number of hydrogen-bond acceptors (Lipinski definition) is 16. The second kappa shape index (κ2) is 24.1. The SMILES string of the molecule is COC(=O)c1cc(OCC(C)C)c2cccc(NC(=O)c3cc(OCC(C)C)c4cccc(NC(=O)c5cc(OCC(C)C)c6cccc(NC(=O)c7cc(OCC(C)C)c8cccc(NC(=O)[C@@]9%10CC[C@](C)(C(=O)O9)C%10(C)C)c8n7)c6n5)c4n3)c2n1. The average Bonchev–Trinajstić information content (AvgIpc) is 1.53. The molecule has 4 amide bonds. The summed E-state index contributed by atoms with van der Waals surface area (Å²) in [5, 5.41) is 14.0. The molecule has 1 saturated heterocycles. The Kier molecular flexibility index (Phi) is 16.8. The predicted molar refractivity (Wildman–Crippen MR) is 332 cm³/mol. The number of methoxy groups -OCH3 is 1. The minimum Gasteiger partial charge on any atom is -0.493 e. The molecule has 0 unspecified atom stereocenters. The molecule has 5 heterocycles. The Bertz CT molecular complexity index is 4090. The zero-order valence-corrected chi connectivity index (χ0v) is 51.0. The van der Waals surface area contributed by atoms with E-state index in [1.165, 1.54) is 25.3 Å². The number of ether oxygens (including phenoxy) is 6. The largest absolute Gasteiger partial charge is 0.493 e. The van der Waals surface area contributed by atoms with E-state index in [-0.39, 0.29) is 97.9 Å². The van der Waals surface area contributed by atoms with Crippen LogP contribution in [-0.4, -0.2) is 94.6 Å². The lowest BCUT2D eigenvalue weighted by molar-refractivity contribution is -0.165. The van der Waals surface area contributed by atoms with Crippen molar-refractivity contribution >= 4 is 102 Å². The van der Waals surface area contributed by atoms with E-state index in [4.69, 9.17) is 43.4 Å². The Hall–Kier alpha value is -9.46. The molecule has 20 heteroatoms. The van der Waals surface area contributed by atoms with Gasteiger partial charge in [-0.15, -0.1) is 0 Å². The van der Waals surface area contributed by atoms with E-state index in [1.807, 2.05) is 76.2 Å². The quantitative estimate of drug-likeness (QED) is 0.0488. The number of aromatic nitrogens is 4. The Labute approximate surface area is 503 Å². The number of anilines is 4. The monoisotopic (exact) mass is 1180 g/mol. The van der Waals surface area contributed by atoms with Gasteiger partial charge in [0.25, 0.3) is 23.6 Å². The average molecular weight is 1180 g/mol. The fourth-order valence-corrected chi connectivity index (χ4v) is 10.9. The number of pyridine rings is 4. The molecule has 2 fully saturated rings. The second-order valence-electron chi connectivity index (χ2n) is 24.6. The molecule has 4 aromatic heterocycles. The molecule has 2 aliphatic rings. The lowest BCUT2D eigenvalue weighted by Crippen LogP contribution is -2.50. The number of hydrogen-bond donors (Lipinski definition) is 4. The van der Waals surface area contributed by atoms with Crippen molar-refractivity contribution < 1.29 is 57.2 Å². The minimum atomic E-state index is -1.42. The van der Waals surface area contributed by atoms with E-state index in [2.05, 4.69) is 26.3 Å². The molecule has 1 saturated carbocycles. The summed E-state index contributed by atoms with van der Waals surface area (Å²) in [5.41, 5.74) is -1.29. The van der Waals surface area contributed by atoms with Gasteiger partial charge in [0.2, 0.25) is 0 Å². The van der Waals surface area contributed by atoms with E-state index >= 15 is 0 Å². The summed E-state index contributed by atoms with van der Waals surface area (Å²) in [6.45, 7) is 22.8. The molecule has 87 heavy (non-hydrogen) atoms. The van der Waals surface area contributed by atoms with E-state index in [0.29, 0.717) is 77.2 Å². The van der Waals surface area contributed by atoms with Gasteiger partial charge in [0, 0.05) is 51.2 Å². The molecular formula is C67H72N8O12. The number of carbonyl (C=O) groups is 6. The van der Waals surface area contributed by atoms with Crippen molar-refractivity contribution in [3.63, 3.8) is 0 Å². The van der Waals surface area contributed by atoms with Gasteiger partial charge >= 0.3 is 11.9 Å². The highest BCUT2D eigenvalue weighted by Gasteiger charge is 2.75. The molecule has 20 nitrogen and oxygen atoms in total. The van der Waals surface area contributed by atoms with Crippen LogP contribution >= 0.6 is 0 Å². The van der Waals surface area contributed by atoms with Crippen LogP contribution in [-0.2, 0) is 19.1 Å². The van der Waals surface area contributed by atoms with Crippen molar-refractivity contribution in [1.82, 2.24) is 19.9 Å². The minimum absolute atomic E-state index is 0.0139.